The number of aldehydes is 1. The first-order chi connectivity index (χ1) is 15.9. The topological polar surface area (TPSA) is 105 Å². The van der Waals surface area contributed by atoms with Gasteiger partial charge >= 0.3 is 0 Å². The number of nitrogens with one attached hydrogen (secondary N) is 2. The van der Waals surface area contributed by atoms with Gasteiger partial charge in [0.05, 0.1) is 16.1 Å². The maximum Gasteiger partial charge on any atom is 0.261 e. The summed E-state index contributed by atoms with van der Waals surface area (Å²) in [5.74, 6) is -0.305. The Kier molecular flexibility index (Phi) is 7.44. The Hall–Kier alpha value is -2.32. The number of hydrogen-bond donors (Lipinski definition) is 2. The van der Waals surface area contributed by atoms with E-state index < -0.39 is 12.1 Å². The van der Waals surface area contributed by atoms with Gasteiger partial charge in [0, 0.05) is 25.1 Å². The maximum atomic E-state index is 13.2. The van der Waals surface area contributed by atoms with Crippen molar-refractivity contribution in [3.63, 3.8) is 0 Å². The van der Waals surface area contributed by atoms with E-state index in [0.717, 1.165) is 19.3 Å². The molecule has 10 heteroatoms. The van der Waals surface area contributed by atoms with Crippen molar-refractivity contribution in [2.45, 2.75) is 44.2 Å². The molecule has 0 aromatic heterocycles. The van der Waals surface area contributed by atoms with Crippen LogP contribution in [0.5, 0.6) is 5.75 Å². The van der Waals surface area contributed by atoms with Crippen LogP contribution in [0.15, 0.2) is 18.2 Å². The van der Waals surface area contributed by atoms with Gasteiger partial charge in [-0.2, -0.15) is 0 Å². The smallest absolute Gasteiger partial charge is 0.261 e. The number of likely N-dealkylation sites (tertiary alicyclic amines) is 1. The van der Waals surface area contributed by atoms with Gasteiger partial charge in [0.2, 0.25) is 11.8 Å². The molecule has 5 atom stereocenters. The van der Waals surface area contributed by atoms with Gasteiger partial charge in [0.1, 0.15) is 18.1 Å². The van der Waals surface area contributed by atoms with Crippen LogP contribution in [0.25, 0.3) is 0 Å². The van der Waals surface area contributed by atoms with Crippen LogP contribution >= 0.6 is 23.2 Å². The normalized spacial score (nSPS) is 27.1. The first-order valence-corrected chi connectivity index (χ1v) is 12.0. The van der Waals surface area contributed by atoms with E-state index in [9.17, 15) is 19.2 Å². The lowest BCUT2D eigenvalue weighted by atomic mass is 9.92. The number of carbonyl (C=O) groups excluding carboxylic acids is 4. The molecule has 0 radical (unpaired) electrons. The molecule has 33 heavy (non-hydrogen) atoms. The molecule has 0 unspecified atom stereocenters. The quantitative estimate of drug-likeness (QED) is 0.537. The highest BCUT2D eigenvalue weighted by Gasteiger charge is 2.49. The van der Waals surface area contributed by atoms with Gasteiger partial charge in [-0.05, 0) is 49.7 Å². The van der Waals surface area contributed by atoms with Crippen molar-refractivity contribution in [3.05, 3.63) is 28.2 Å². The lowest BCUT2D eigenvalue weighted by molar-refractivity contribution is -0.141. The Balaban J connectivity index is 1.41. The minimum absolute atomic E-state index is 0.0565. The van der Waals surface area contributed by atoms with Crippen LogP contribution in [-0.4, -0.2) is 60.7 Å². The third-order valence-corrected chi connectivity index (χ3v) is 7.66. The SMILES string of the molecule is O=C[C@H](C[C@@H]1CCNC1=O)NC(=O)[C@H]1[C@@H]2CCC[C@H]2CN1C(=O)COc1ccc(Cl)c(Cl)c1. The van der Waals surface area contributed by atoms with Crippen LogP contribution in [0, 0.1) is 17.8 Å². The summed E-state index contributed by atoms with van der Waals surface area (Å²) in [6.07, 6.45) is 4.41. The summed E-state index contributed by atoms with van der Waals surface area (Å²) < 4.78 is 5.60. The molecule has 0 spiro atoms. The minimum Gasteiger partial charge on any atom is -0.484 e. The zero-order chi connectivity index (χ0) is 23.5. The predicted octanol–water partition coefficient (Wildman–Crippen LogP) is 2.21. The largest absolute Gasteiger partial charge is 0.484 e. The monoisotopic (exact) mass is 495 g/mol. The summed E-state index contributed by atoms with van der Waals surface area (Å²) in [6.45, 7) is 0.833. The lowest BCUT2D eigenvalue weighted by Gasteiger charge is -2.28. The average molecular weight is 496 g/mol. The van der Waals surface area contributed by atoms with Crippen molar-refractivity contribution in [1.82, 2.24) is 15.5 Å². The van der Waals surface area contributed by atoms with Gasteiger partial charge in [0.25, 0.3) is 5.91 Å². The number of hydrogen-bond acceptors (Lipinski definition) is 5. The van der Waals surface area contributed by atoms with Crippen LogP contribution < -0.4 is 15.4 Å². The molecule has 3 aliphatic rings. The molecule has 2 saturated heterocycles. The molecule has 1 aromatic rings. The fourth-order valence-corrected chi connectivity index (χ4v) is 5.57. The molecule has 1 aromatic carbocycles. The Morgan fingerprint density at radius 1 is 1.24 bits per heavy atom. The van der Waals surface area contributed by atoms with Crippen LogP contribution in [0.3, 0.4) is 0 Å². The highest BCUT2D eigenvalue weighted by atomic mass is 35.5. The molecule has 4 rings (SSSR count). The first kappa shape index (κ1) is 23.8. The molecular weight excluding hydrogens is 469 g/mol. The van der Waals surface area contributed by atoms with E-state index in [1.165, 1.54) is 6.07 Å². The average Bonchev–Trinajstić information content (AvgIpc) is 3.50. The predicted molar refractivity (Wildman–Crippen MR) is 122 cm³/mol. The second-order valence-electron chi connectivity index (χ2n) is 8.97. The second kappa shape index (κ2) is 10.3. The van der Waals surface area contributed by atoms with Crippen molar-refractivity contribution in [3.8, 4) is 5.75 Å². The van der Waals surface area contributed by atoms with Gasteiger partial charge in [-0.25, -0.2) is 0 Å². The van der Waals surface area contributed by atoms with Gasteiger partial charge in [-0.15, -0.1) is 0 Å². The fraction of sp³-hybridized carbons (Fsp3) is 0.565. The molecule has 1 saturated carbocycles. The molecule has 2 N–H and O–H groups in total. The molecule has 0 bridgehead atoms. The summed E-state index contributed by atoms with van der Waals surface area (Å²) in [7, 11) is 0. The number of benzene rings is 1. The Bertz CT molecular complexity index is 943. The molecule has 3 amide bonds. The summed E-state index contributed by atoms with van der Waals surface area (Å²) in [5, 5.41) is 6.24. The molecule has 2 aliphatic heterocycles. The van der Waals surface area contributed by atoms with E-state index in [0.29, 0.717) is 41.6 Å². The summed E-state index contributed by atoms with van der Waals surface area (Å²) in [6, 6.07) is 3.33. The highest BCUT2D eigenvalue weighted by Crippen LogP contribution is 2.42. The third kappa shape index (κ3) is 5.27. The van der Waals surface area contributed by atoms with E-state index in [4.69, 9.17) is 27.9 Å². The number of fused-ring (bicyclic) bond motifs is 1. The molecule has 178 valence electrons. The summed E-state index contributed by atoms with van der Waals surface area (Å²) in [4.78, 5) is 51.4. The van der Waals surface area contributed by atoms with Crippen molar-refractivity contribution >= 4 is 47.2 Å². The Morgan fingerprint density at radius 2 is 2.06 bits per heavy atom. The van der Waals surface area contributed by atoms with Gasteiger partial charge < -0.3 is 25.1 Å². The number of amides is 3. The molecule has 2 heterocycles. The zero-order valence-electron chi connectivity index (χ0n) is 18.1. The van der Waals surface area contributed by atoms with Crippen molar-refractivity contribution < 1.29 is 23.9 Å². The van der Waals surface area contributed by atoms with E-state index in [2.05, 4.69) is 10.6 Å². The summed E-state index contributed by atoms with van der Waals surface area (Å²) in [5.41, 5.74) is 0. The Labute approximate surface area is 202 Å². The van der Waals surface area contributed by atoms with Gasteiger partial charge in [-0.1, -0.05) is 29.6 Å². The number of rotatable bonds is 8. The van der Waals surface area contributed by atoms with E-state index in [1.54, 1.807) is 17.0 Å². The zero-order valence-corrected chi connectivity index (χ0v) is 19.6. The van der Waals surface area contributed by atoms with E-state index in [-0.39, 0.29) is 48.5 Å². The first-order valence-electron chi connectivity index (χ1n) is 11.3. The molecule has 8 nitrogen and oxygen atoms in total. The van der Waals surface area contributed by atoms with E-state index >= 15 is 0 Å². The second-order valence-corrected chi connectivity index (χ2v) is 9.79. The van der Waals surface area contributed by atoms with Crippen LogP contribution in [0.1, 0.15) is 32.1 Å². The number of ether oxygens (including phenoxy) is 1. The highest BCUT2D eigenvalue weighted by molar-refractivity contribution is 6.42. The van der Waals surface area contributed by atoms with Crippen LogP contribution in [0.2, 0.25) is 10.0 Å². The number of halogens is 2. The van der Waals surface area contributed by atoms with Gasteiger partial charge in [0.15, 0.2) is 6.61 Å². The standard InChI is InChI=1S/C23H27Cl2N3O5/c24-18-5-4-16(9-19(18)25)33-12-20(30)28-10-14-2-1-3-17(14)21(28)23(32)27-15(11-29)8-13-6-7-26-22(13)31/h4-5,9,11,13-15,17,21H,1-3,6-8,10,12H2,(H,26,31)(H,27,32)/t13-,14-,15-,17+,21+/m0/s1. The summed E-state index contributed by atoms with van der Waals surface area (Å²) >= 11 is 11.9. The minimum atomic E-state index is -0.767. The third-order valence-electron chi connectivity index (χ3n) is 6.93. The maximum absolute atomic E-state index is 13.2. The van der Waals surface area contributed by atoms with Gasteiger partial charge in [-0.3, -0.25) is 14.4 Å². The van der Waals surface area contributed by atoms with Crippen LogP contribution in [0.4, 0.5) is 0 Å². The fourth-order valence-electron chi connectivity index (χ4n) is 5.29. The van der Waals surface area contributed by atoms with Crippen LogP contribution in [-0.2, 0) is 19.2 Å². The molecular formula is C23H27Cl2N3O5. The van der Waals surface area contributed by atoms with Crippen molar-refractivity contribution in [2.24, 2.45) is 17.8 Å². The molecule has 3 fully saturated rings. The number of carbonyl (C=O) groups is 4. The van der Waals surface area contributed by atoms with E-state index in [1.807, 2.05) is 0 Å². The Morgan fingerprint density at radius 3 is 2.76 bits per heavy atom. The van der Waals surface area contributed by atoms with Crippen molar-refractivity contribution in [1.29, 1.82) is 0 Å². The molecule has 1 aliphatic carbocycles. The van der Waals surface area contributed by atoms with Crippen molar-refractivity contribution in [2.75, 3.05) is 19.7 Å². The lowest BCUT2D eigenvalue weighted by Crippen LogP contribution is -2.52. The number of nitrogens with zero attached hydrogens (tertiary/aromatic N) is 1.